The van der Waals surface area contributed by atoms with E-state index in [1.165, 1.54) is 12.8 Å². The largest absolute Gasteiger partial charge is 0.462 e. The number of hydrogen-bond acceptors (Lipinski definition) is 5. The van der Waals surface area contributed by atoms with Crippen LogP contribution < -0.4 is 11.1 Å². The average Bonchev–Trinajstić information content (AvgIpc) is 3.10. The number of pyridine rings is 1. The predicted octanol–water partition coefficient (Wildman–Crippen LogP) is 2.44. The zero-order valence-corrected chi connectivity index (χ0v) is 11.5. The van der Waals surface area contributed by atoms with Gasteiger partial charge in [-0.1, -0.05) is 13.3 Å². The van der Waals surface area contributed by atoms with Crippen LogP contribution in [0, 0.1) is 5.92 Å². The molecular weight excluding hydrogens is 242 g/mol. The Bertz CT molecular complexity index is 462. The molecule has 5 heteroatoms. The molecule has 5 nitrogen and oxygen atoms in total. The van der Waals surface area contributed by atoms with Gasteiger partial charge in [0, 0.05) is 6.04 Å². The van der Waals surface area contributed by atoms with Crippen LogP contribution in [-0.2, 0) is 4.74 Å². The van der Waals surface area contributed by atoms with Crippen LogP contribution in [0.5, 0.6) is 0 Å². The van der Waals surface area contributed by atoms with Gasteiger partial charge in [0.15, 0.2) is 0 Å². The second kappa shape index (κ2) is 5.91. The van der Waals surface area contributed by atoms with Crippen molar-refractivity contribution in [2.75, 3.05) is 17.7 Å². The van der Waals surface area contributed by atoms with E-state index >= 15 is 0 Å². The maximum atomic E-state index is 11.9. The van der Waals surface area contributed by atoms with Gasteiger partial charge in [-0.2, -0.15) is 0 Å². The maximum Gasteiger partial charge on any atom is 0.341 e. The summed E-state index contributed by atoms with van der Waals surface area (Å²) in [6, 6.07) is 2.04. The first kappa shape index (κ1) is 13.6. The molecule has 0 bridgehead atoms. The summed E-state index contributed by atoms with van der Waals surface area (Å²) in [5, 5.41) is 3.32. The average molecular weight is 263 g/mol. The second-order valence-corrected chi connectivity index (χ2v) is 4.92. The Morgan fingerprint density at radius 1 is 1.58 bits per heavy atom. The summed E-state index contributed by atoms with van der Waals surface area (Å²) in [7, 11) is 0. The molecule has 0 radical (unpaired) electrons. The van der Waals surface area contributed by atoms with Crippen LogP contribution in [0.15, 0.2) is 12.3 Å². The zero-order chi connectivity index (χ0) is 13.8. The molecular formula is C14H21N3O2. The number of esters is 1. The van der Waals surface area contributed by atoms with Crippen molar-refractivity contribution >= 4 is 17.5 Å². The van der Waals surface area contributed by atoms with Crippen LogP contribution in [0.4, 0.5) is 11.5 Å². The number of ether oxygens (including phenoxy) is 1. The Morgan fingerprint density at radius 2 is 2.37 bits per heavy atom. The molecule has 1 heterocycles. The smallest absolute Gasteiger partial charge is 0.341 e. The number of nitrogens with zero attached hydrogens (tertiary/aromatic N) is 1. The Hall–Kier alpha value is -1.78. The minimum Gasteiger partial charge on any atom is -0.462 e. The molecule has 19 heavy (non-hydrogen) atoms. The van der Waals surface area contributed by atoms with Crippen LogP contribution in [0.2, 0.25) is 0 Å². The van der Waals surface area contributed by atoms with Crippen molar-refractivity contribution in [2.24, 2.45) is 5.92 Å². The molecule has 104 valence electrons. The molecule has 0 aliphatic heterocycles. The molecule has 0 saturated heterocycles. The van der Waals surface area contributed by atoms with E-state index in [-0.39, 0.29) is 5.97 Å². The van der Waals surface area contributed by atoms with Crippen molar-refractivity contribution in [3.8, 4) is 0 Å². The Labute approximate surface area is 113 Å². The summed E-state index contributed by atoms with van der Waals surface area (Å²) >= 11 is 0. The standard InChI is InChI=1S/C14H21N3O2/c1-3-5-9-6-12(9)17-13-11(14(18)19-4-2)7-10(15)8-16-13/h7-9,12H,3-6,15H2,1-2H3,(H,16,17). The number of rotatable bonds is 6. The highest BCUT2D eigenvalue weighted by Crippen LogP contribution is 2.37. The highest BCUT2D eigenvalue weighted by Gasteiger charge is 2.36. The van der Waals surface area contributed by atoms with Crippen LogP contribution in [0.1, 0.15) is 43.5 Å². The normalized spacial score (nSPS) is 20.9. The van der Waals surface area contributed by atoms with E-state index in [4.69, 9.17) is 10.5 Å². The van der Waals surface area contributed by atoms with Gasteiger partial charge in [-0.3, -0.25) is 0 Å². The number of nitrogen functional groups attached to an aromatic ring is 1. The van der Waals surface area contributed by atoms with E-state index in [2.05, 4.69) is 17.2 Å². The maximum absolute atomic E-state index is 11.9. The number of nitrogens with one attached hydrogen (secondary N) is 1. The lowest BCUT2D eigenvalue weighted by Crippen LogP contribution is -2.14. The third-order valence-electron chi connectivity index (χ3n) is 3.31. The SMILES string of the molecule is CCCC1CC1Nc1ncc(N)cc1C(=O)OCC. The number of carbonyl (C=O) groups is 1. The Balaban J connectivity index is 2.09. The fourth-order valence-corrected chi connectivity index (χ4v) is 2.25. The van der Waals surface area contributed by atoms with Crippen molar-refractivity contribution < 1.29 is 9.53 Å². The predicted molar refractivity (Wildman–Crippen MR) is 75.0 cm³/mol. The molecule has 0 aromatic carbocycles. The van der Waals surface area contributed by atoms with Crippen LogP contribution in [0.25, 0.3) is 0 Å². The molecule has 2 rings (SSSR count). The van der Waals surface area contributed by atoms with Gasteiger partial charge < -0.3 is 15.8 Å². The monoisotopic (exact) mass is 263 g/mol. The van der Waals surface area contributed by atoms with E-state index in [0.717, 1.165) is 6.42 Å². The summed E-state index contributed by atoms with van der Waals surface area (Å²) < 4.78 is 5.03. The summed E-state index contributed by atoms with van der Waals surface area (Å²) in [6.07, 6.45) is 5.09. The first-order valence-electron chi connectivity index (χ1n) is 6.84. The fourth-order valence-electron chi connectivity index (χ4n) is 2.25. The van der Waals surface area contributed by atoms with Gasteiger partial charge in [0.25, 0.3) is 0 Å². The summed E-state index contributed by atoms with van der Waals surface area (Å²) in [4.78, 5) is 16.1. The van der Waals surface area contributed by atoms with E-state index in [0.29, 0.717) is 35.6 Å². The molecule has 0 amide bonds. The summed E-state index contributed by atoms with van der Waals surface area (Å²) in [6.45, 7) is 4.30. The van der Waals surface area contributed by atoms with Gasteiger partial charge in [-0.25, -0.2) is 9.78 Å². The van der Waals surface area contributed by atoms with Gasteiger partial charge >= 0.3 is 5.97 Å². The van der Waals surface area contributed by atoms with Gasteiger partial charge in [-0.15, -0.1) is 0 Å². The minimum absolute atomic E-state index is 0.342. The van der Waals surface area contributed by atoms with Crippen molar-refractivity contribution in [3.05, 3.63) is 17.8 Å². The van der Waals surface area contributed by atoms with Gasteiger partial charge in [0.05, 0.1) is 18.5 Å². The van der Waals surface area contributed by atoms with Gasteiger partial charge in [0.2, 0.25) is 0 Å². The molecule has 1 fully saturated rings. The number of hydrogen-bond donors (Lipinski definition) is 2. The van der Waals surface area contributed by atoms with Crippen LogP contribution in [0.3, 0.4) is 0 Å². The fraction of sp³-hybridized carbons (Fsp3) is 0.571. The van der Waals surface area contributed by atoms with Crippen LogP contribution in [-0.4, -0.2) is 23.6 Å². The molecule has 1 aromatic rings. The summed E-state index contributed by atoms with van der Waals surface area (Å²) in [5.74, 6) is 0.896. The second-order valence-electron chi connectivity index (χ2n) is 4.92. The van der Waals surface area contributed by atoms with E-state index in [1.807, 2.05) is 0 Å². The van der Waals surface area contributed by atoms with Crippen LogP contribution >= 0.6 is 0 Å². The molecule has 1 aromatic heterocycles. The van der Waals surface area contributed by atoms with Gasteiger partial charge in [0.1, 0.15) is 11.4 Å². The number of aromatic nitrogens is 1. The first-order chi connectivity index (χ1) is 9.15. The lowest BCUT2D eigenvalue weighted by atomic mass is 10.2. The molecule has 1 aliphatic rings. The number of nitrogens with two attached hydrogens (primary N) is 1. The summed E-state index contributed by atoms with van der Waals surface area (Å²) in [5.41, 5.74) is 6.57. The molecule has 1 aliphatic carbocycles. The Morgan fingerprint density at radius 3 is 3.05 bits per heavy atom. The van der Waals surface area contributed by atoms with E-state index in [1.54, 1.807) is 19.2 Å². The topological polar surface area (TPSA) is 77.2 Å². The lowest BCUT2D eigenvalue weighted by Gasteiger charge is -2.10. The van der Waals surface area contributed by atoms with E-state index < -0.39 is 0 Å². The highest BCUT2D eigenvalue weighted by atomic mass is 16.5. The number of anilines is 2. The third kappa shape index (κ3) is 3.36. The number of carbonyl (C=O) groups excluding carboxylic acids is 1. The Kier molecular flexibility index (Phi) is 4.24. The van der Waals surface area contributed by atoms with Crippen molar-refractivity contribution in [1.29, 1.82) is 0 Å². The minimum atomic E-state index is -0.377. The zero-order valence-electron chi connectivity index (χ0n) is 11.5. The molecule has 2 unspecified atom stereocenters. The van der Waals surface area contributed by atoms with E-state index in [9.17, 15) is 4.79 Å². The van der Waals surface area contributed by atoms with Crippen molar-refractivity contribution in [1.82, 2.24) is 4.98 Å². The highest BCUT2D eigenvalue weighted by molar-refractivity contribution is 5.95. The molecule has 1 saturated carbocycles. The van der Waals surface area contributed by atoms with Crippen molar-refractivity contribution in [2.45, 2.75) is 39.2 Å². The first-order valence-corrected chi connectivity index (χ1v) is 6.84. The molecule has 3 N–H and O–H groups in total. The molecule has 0 spiro atoms. The lowest BCUT2D eigenvalue weighted by molar-refractivity contribution is 0.0527. The molecule has 2 atom stereocenters. The quantitative estimate of drug-likeness (QED) is 0.771. The van der Waals surface area contributed by atoms with Gasteiger partial charge in [-0.05, 0) is 31.7 Å². The van der Waals surface area contributed by atoms with Crippen molar-refractivity contribution in [3.63, 3.8) is 0 Å². The third-order valence-corrected chi connectivity index (χ3v) is 3.31.